The number of halogens is 1. The molecule has 1 heterocycles. The van der Waals surface area contributed by atoms with E-state index in [4.69, 9.17) is 0 Å². The van der Waals surface area contributed by atoms with Gasteiger partial charge in [-0.05, 0) is 36.8 Å². The molecule has 0 radical (unpaired) electrons. The van der Waals surface area contributed by atoms with Crippen LogP contribution in [-0.2, 0) is 4.79 Å². The molecular weight excluding hydrogens is 273 g/mol. The van der Waals surface area contributed by atoms with Crippen LogP contribution in [0.15, 0.2) is 48.5 Å². The second-order valence-electron chi connectivity index (χ2n) is 4.81. The standard InChI is InChI=1S/C16H14FNOS/c1-11-2-4-12(5-3-11)16-18(15(19)10-20-16)14-8-6-13(17)7-9-14/h2-9,16H,10H2,1H3/t16-/m0/s1. The Morgan fingerprint density at radius 2 is 1.75 bits per heavy atom. The van der Waals surface area contributed by atoms with Crippen molar-refractivity contribution in [1.29, 1.82) is 0 Å². The summed E-state index contributed by atoms with van der Waals surface area (Å²) in [7, 11) is 0. The quantitative estimate of drug-likeness (QED) is 0.834. The molecule has 1 amide bonds. The normalized spacial score (nSPS) is 18.6. The molecular formula is C16H14FNOS. The zero-order chi connectivity index (χ0) is 14.1. The molecule has 1 aliphatic rings. The first-order valence-electron chi connectivity index (χ1n) is 6.41. The Morgan fingerprint density at radius 1 is 1.10 bits per heavy atom. The summed E-state index contributed by atoms with van der Waals surface area (Å²) in [6.45, 7) is 2.04. The highest BCUT2D eigenvalue weighted by molar-refractivity contribution is 8.00. The van der Waals surface area contributed by atoms with Crippen molar-refractivity contribution in [2.24, 2.45) is 0 Å². The number of hydrogen-bond acceptors (Lipinski definition) is 2. The average molecular weight is 287 g/mol. The first kappa shape index (κ1) is 13.2. The SMILES string of the molecule is Cc1ccc([C@@H]2SCC(=O)N2c2ccc(F)cc2)cc1. The van der Waals surface area contributed by atoms with Crippen LogP contribution in [0.25, 0.3) is 0 Å². The minimum absolute atomic E-state index is 0.0337. The summed E-state index contributed by atoms with van der Waals surface area (Å²) in [4.78, 5) is 13.9. The van der Waals surface area contributed by atoms with Gasteiger partial charge < -0.3 is 0 Å². The van der Waals surface area contributed by atoms with Crippen molar-refractivity contribution < 1.29 is 9.18 Å². The minimum Gasteiger partial charge on any atom is -0.295 e. The number of anilines is 1. The summed E-state index contributed by atoms with van der Waals surface area (Å²) >= 11 is 1.60. The zero-order valence-electron chi connectivity index (χ0n) is 11.0. The van der Waals surface area contributed by atoms with Gasteiger partial charge >= 0.3 is 0 Å². The molecule has 3 rings (SSSR count). The molecule has 2 nitrogen and oxygen atoms in total. The van der Waals surface area contributed by atoms with Crippen LogP contribution in [0.3, 0.4) is 0 Å². The lowest BCUT2D eigenvalue weighted by atomic mass is 10.1. The van der Waals surface area contributed by atoms with Crippen molar-refractivity contribution in [2.75, 3.05) is 10.7 Å². The van der Waals surface area contributed by atoms with E-state index in [2.05, 4.69) is 0 Å². The third-order valence-electron chi connectivity index (χ3n) is 3.34. The number of rotatable bonds is 2. The molecule has 102 valence electrons. The van der Waals surface area contributed by atoms with E-state index in [1.165, 1.54) is 17.7 Å². The fraction of sp³-hybridized carbons (Fsp3) is 0.188. The van der Waals surface area contributed by atoms with Crippen LogP contribution in [0.2, 0.25) is 0 Å². The minimum atomic E-state index is -0.292. The van der Waals surface area contributed by atoms with Gasteiger partial charge in [-0.25, -0.2) is 4.39 Å². The van der Waals surface area contributed by atoms with E-state index in [1.54, 1.807) is 28.8 Å². The number of carbonyl (C=O) groups is 1. The molecule has 2 aromatic carbocycles. The lowest BCUT2D eigenvalue weighted by Crippen LogP contribution is -2.27. The number of carbonyl (C=O) groups excluding carboxylic acids is 1. The summed E-state index contributed by atoms with van der Waals surface area (Å²) in [6, 6.07) is 14.3. The third kappa shape index (κ3) is 2.43. The number of hydrogen-bond donors (Lipinski definition) is 0. The second kappa shape index (κ2) is 5.29. The Morgan fingerprint density at radius 3 is 2.40 bits per heavy atom. The molecule has 0 aromatic heterocycles. The van der Waals surface area contributed by atoms with Gasteiger partial charge in [0.1, 0.15) is 11.2 Å². The lowest BCUT2D eigenvalue weighted by molar-refractivity contribution is -0.115. The maximum Gasteiger partial charge on any atom is 0.238 e. The zero-order valence-corrected chi connectivity index (χ0v) is 11.9. The highest BCUT2D eigenvalue weighted by Gasteiger charge is 2.33. The fourth-order valence-electron chi connectivity index (χ4n) is 2.28. The molecule has 0 unspecified atom stereocenters. The highest BCUT2D eigenvalue weighted by atomic mass is 32.2. The Bertz CT molecular complexity index is 624. The van der Waals surface area contributed by atoms with E-state index in [9.17, 15) is 9.18 Å². The van der Waals surface area contributed by atoms with Crippen LogP contribution in [0, 0.1) is 12.7 Å². The molecule has 1 saturated heterocycles. The summed E-state index contributed by atoms with van der Waals surface area (Å²) in [5, 5.41) is -0.0337. The van der Waals surface area contributed by atoms with Gasteiger partial charge in [0.25, 0.3) is 0 Å². The molecule has 0 aliphatic carbocycles. The molecule has 0 bridgehead atoms. The summed E-state index contributed by atoms with van der Waals surface area (Å²) in [5.74, 6) is 0.225. The van der Waals surface area contributed by atoms with Gasteiger partial charge in [0.2, 0.25) is 5.91 Å². The van der Waals surface area contributed by atoms with Gasteiger partial charge in [0.05, 0.1) is 5.75 Å². The van der Waals surface area contributed by atoms with Crippen LogP contribution in [0.1, 0.15) is 16.5 Å². The topological polar surface area (TPSA) is 20.3 Å². The maximum atomic E-state index is 13.0. The molecule has 0 saturated carbocycles. The van der Waals surface area contributed by atoms with Crippen molar-refractivity contribution in [3.8, 4) is 0 Å². The predicted molar refractivity (Wildman–Crippen MR) is 80.3 cm³/mol. The molecule has 20 heavy (non-hydrogen) atoms. The van der Waals surface area contributed by atoms with Crippen molar-refractivity contribution in [2.45, 2.75) is 12.3 Å². The summed E-state index contributed by atoms with van der Waals surface area (Å²) < 4.78 is 13.0. The maximum absolute atomic E-state index is 13.0. The van der Waals surface area contributed by atoms with E-state index in [1.807, 2.05) is 31.2 Å². The first-order valence-corrected chi connectivity index (χ1v) is 7.46. The highest BCUT2D eigenvalue weighted by Crippen LogP contribution is 2.41. The van der Waals surface area contributed by atoms with Crippen molar-refractivity contribution in [3.63, 3.8) is 0 Å². The monoisotopic (exact) mass is 287 g/mol. The lowest BCUT2D eigenvalue weighted by Gasteiger charge is -2.24. The van der Waals surface area contributed by atoms with E-state index in [0.29, 0.717) is 5.75 Å². The largest absolute Gasteiger partial charge is 0.295 e. The molecule has 2 aromatic rings. The molecule has 1 aliphatic heterocycles. The Balaban J connectivity index is 1.96. The molecule has 0 spiro atoms. The van der Waals surface area contributed by atoms with Crippen molar-refractivity contribution >= 4 is 23.4 Å². The van der Waals surface area contributed by atoms with Gasteiger partial charge in [0.15, 0.2) is 0 Å². The van der Waals surface area contributed by atoms with Crippen LogP contribution in [0.4, 0.5) is 10.1 Å². The van der Waals surface area contributed by atoms with Crippen LogP contribution in [0.5, 0.6) is 0 Å². The third-order valence-corrected chi connectivity index (χ3v) is 4.55. The number of benzene rings is 2. The molecule has 0 N–H and O–H groups in total. The van der Waals surface area contributed by atoms with Gasteiger partial charge in [-0.15, -0.1) is 11.8 Å². The molecule has 1 atom stereocenters. The van der Waals surface area contributed by atoms with E-state index < -0.39 is 0 Å². The number of aryl methyl sites for hydroxylation is 1. The Hall–Kier alpha value is -1.81. The van der Waals surface area contributed by atoms with Gasteiger partial charge in [-0.2, -0.15) is 0 Å². The summed E-state index contributed by atoms with van der Waals surface area (Å²) in [5.41, 5.74) is 3.03. The van der Waals surface area contributed by atoms with Crippen LogP contribution < -0.4 is 4.90 Å². The van der Waals surface area contributed by atoms with E-state index in [0.717, 1.165) is 11.3 Å². The Kier molecular flexibility index (Phi) is 3.49. The van der Waals surface area contributed by atoms with Crippen molar-refractivity contribution in [3.05, 3.63) is 65.5 Å². The van der Waals surface area contributed by atoms with Crippen LogP contribution in [-0.4, -0.2) is 11.7 Å². The second-order valence-corrected chi connectivity index (χ2v) is 5.88. The summed E-state index contributed by atoms with van der Waals surface area (Å²) in [6.07, 6.45) is 0. The van der Waals surface area contributed by atoms with Gasteiger partial charge in [-0.3, -0.25) is 9.69 Å². The molecule has 4 heteroatoms. The first-order chi connectivity index (χ1) is 9.65. The smallest absolute Gasteiger partial charge is 0.238 e. The molecule has 1 fully saturated rings. The predicted octanol–water partition coefficient (Wildman–Crippen LogP) is 3.91. The number of nitrogens with zero attached hydrogens (tertiary/aromatic N) is 1. The van der Waals surface area contributed by atoms with E-state index >= 15 is 0 Å². The van der Waals surface area contributed by atoms with Crippen LogP contribution >= 0.6 is 11.8 Å². The Labute approximate surface area is 121 Å². The average Bonchev–Trinajstić information content (AvgIpc) is 2.83. The van der Waals surface area contributed by atoms with Gasteiger partial charge in [0, 0.05) is 5.69 Å². The number of thioether (sulfide) groups is 1. The van der Waals surface area contributed by atoms with Crippen molar-refractivity contribution in [1.82, 2.24) is 0 Å². The van der Waals surface area contributed by atoms with E-state index in [-0.39, 0.29) is 17.1 Å². The number of amides is 1. The van der Waals surface area contributed by atoms with Gasteiger partial charge in [-0.1, -0.05) is 29.8 Å². The fourth-order valence-corrected chi connectivity index (χ4v) is 3.46.